The highest BCUT2D eigenvalue weighted by molar-refractivity contribution is 9.10. The predicted octanol–water partition coefficient (Wildman–Crippen LogP) is 2.04. The van der Waals surface area contributed by atoms with Gasteiger partial charge in [-0.3, -0.25) is 0 Å². The van der Waals surface area contributed by atoms with E-state index in [0.717, 1.165) is 16.5 Å². The molecule has 12 heavy (non-hydrogen) atoms. The van der Waals surface area contributed by atoms with Crippen molar-refractivity contribution in [3.8, 4) is 5.75 Å². The monoisotopic (exact) mass is 229 g/mol. The van der Waals surface area contributed by atoms with Gasteiger partial charge in [0.15, 0.2) is 0 Å². The number of benzene rings is 1. The Hall–Kier alpha value is -0.540. The highest BCUT2D eigenvalue weighted by atomic mass is 79.9. The molecule has 0 saturated carbocycles. The van der Waals surface area contributed by atoms with Gasteiger partial charge >= 0.3 is 0 Å². The first-order valence-electron chi connectivity index (χ1n) is 3.82. The minimum Gasteiger partial charge on any atom is -0.508 e. The third kappa shape index (κ3) is 2.50. The van der Waals surface area contributed by atoms with Crippen LogP contribution in [0.4, 0.5) is 0 Å². The maximum absolute atomic E-state index is 9.19. The van der Waals surface area contributed by atoms with Gasteiger partial charge in [0, 0.05) is 10.5 Å². The number of phenols is 1. The largest absolute Gasteiger partial charge is 0.508 e. The topological polar surface area (TPSA) is 46.2 Å². The predicted molar refractivity (Wildman–Crippen MR) is 53.2 cm³/mol. The normalized spacial score (nSPS) is 12.9. The van der Waals surface area contributed by atoms with Crippen LogP contribution in [0.15, 0.2) is 22.7 Å². The Labute approximate surface area is 80.5 Å². The van der Waals surface area contributed by atoms with Crippen LogP contribution in [0, 0.1) is 0 Å². The molecular weight excluding hydrogens is 218 g/mol. The van der Waals surface area contributed by atoms with E-state index in [-0.39, 0.29) is 11.8 Å². The van der Waals surface area contributed by atoms with Crippen molar-refractivity contribution in [1.82, 2.24) is 0 Å². The molecule has 66 valence electrons. The number of nitrogens with two attached hydrogens (primary N) is 1. The van der Waals surface area contributed by atoms with Gasteiger partial charge in [0.05, 0.1) is 0 Å². The molecule has 0 heterocycles. The van der Waals surface area contributed by atoms with Crippen LogP contribution in [-0.4, -0.2) is 11.1 Å². The van der Waals surface area contributed by atoms with E-state index >= 15 is 0 Å². The number of phenolic OH excluding ortho intramolecular Hbond substituents is 1. The molecule has 0 unspecified atom stereocenters. The van der Waals surface area contributed by atoms with E-state index in [9.17, 15) is 5.11 Å². The Bertz CT molecular complexity index is 273. The second-order valence-corrected chi connectivity index (χ2v) is 3.81. The van der Waals surface area contributed by atoms with Crippen LogP contribution in [0.3, 0.4) is 0 Å². The molecule has 1 atom stereocenters. The number of rotatable bonds is 2. The highest BCUT2D eigenvalue weighted by Gasteiger charge is 2.03. The quantitative estimate of drug-likeness (QED) is 0.816. The summed E-state index contributed by atoms with van der Waals surface area (Å²) in [5.41, 5.74) is 6.69. The van der Waals surface area contributed by atoms with Crippen LogP contribution < -0.4 is 5.73 Å². The van der Waals surface area contributed by atoms with Gasteiger partial charge in [-0.1, -0.05) is 15.9 Å². The Morgan fingerprint density at radius 1 is 1.58 bits per heavy atom. The molecule has 0 bridgehead atoms. The lowest BCUT2D eigenvalue weighted by molar-refractivity contribution is 0.474. The third-order valence-electron chi connectivity index (χ3n) is 1.57. The zero-order valence-corrected chi connectivity index (χ0v) is 8.51. The summed E-state index contributed by atoms with van der Waals surface area (Å²) in [4.78, 5) is 0. The van der Waals surface area contributed by atoms with Gasteiger partial charge in [0.1, 0.15) is 5.75 Å². The lowest BCUT2D eigenvalue weighted by atomic mass is 10.1. The van der Waals surface area contributed by atoms with Gasteiger partial charge in [-0.15, -0.1) is 0 Å². The first kappa shape index (κ1) is 9.55. The summed E-state index contributed by atoms with van der Waals surface area (Å²) in [5, 5.41) is 9.19. The first-order chi connectivity index (χ1) is 5.59. The van der Waals surface area contributed by atoms with E-state index in [4.69, 9.17) is 5.73 Å². The summed E-state index contributed by atoms with van der Waals surface area (Å²) in [5.74, 6) is 0.286. The number of aromatic hydroxyl groups is 1. The van der Waals surface area contributed by atoms with Crippen molar-refractivity contribution in [3.63, 3.8) is 0 Å². The molecule has 1 rings (SSSR count). The molecule has 0 radical (unpaired) electrons. The smallest absolute Gasteiger partial charge is 0.115 e. The van der Waals surface area contributed by atoms with Crippen LogP contribution in [-0.2, 0) is 6.42 Å². The van der Waals surface area contributed by atoms with E-state index < -0.39 is 0 Å². The van der Waals surface area contributed by atoms with Gasteiger partial charge < -0.3 is 10.8 Å². The second-order valence-electron chi connectivity index (χ2n) is 2.96. The summed E-state index contributed by atoms with van der Waals surface area (Å²) in [6.07, 6.45) is 0.773. The summed E-state index contributed by atoms with van der Waals surface area (Å²) in [6, 6.07) is 5.32. The van der Waals surface area contributed by atoms with Crippen LogP contribution in [0.5, 0.6) is 5.75 Å². The van der Waals surface area contributed by atoms with Crippen LogP contribution in [0.1, 0.15) is 12.5 Å². The van der Waals surface area contributed by atoms with Crippen molar-refractivity contribution in [2.24, 2.45) is 5.73 Å². The fourth-order valence-corrected chi connectivity index (χ4v) is 1.47. The fourth-order valence-electron chi connectivity index (χ4n) is 1.06. The van der Waals surface area contributed by atoms with E-state index in [1.807, 2.05) is 13.0 Å². The van der Waals surface area contributed by atoms with Gasteiger partial charge in [0.2, 0.25) is 0 Å². The Balaban J connectivity index is 2.90. The minimum atomic E-state index is 0.114. The van der Waals surface area contributed by atoms with Gasteiger partial charge in [0.25, 0.3) is 0 Å². The maximum Gasteiger partial charge on any atom is 0.115 e. The molecule has 2 nitrogen and oxygen atoms in total. The number of halogens is 1. The second kappa shape index (κ2) is 3.92. The summed E-state index contributed by atoms with van der Waals surface area (Å²) >= 11 is 3.39. The zero-order valence-electron chi connectivity index (χ0n) is 6.92. The summed E-state index contributed by atoms with van der Waals surface area (Å²) in [6.45, 7) is 1.94. The Kier molecular flexibility index (Phi) is 3.12. The lowest BCUT2D eigenvalue weighted by Crippen LogP contribution is -2.17. The average Bonchev–Trinajstić information content (AvgIpc) is 1.96. The molecule has 0 amide bonds. The number of hydrogen-bond acceptors (Lipinski definition) is 2. The molecule has 0 saturated heterocycles. The van der Waals surface area contributed by atoms with Crippen molar-refractivity contribution in [1.29, 1.82) is 0 Å². The Morgan fingerprint density at radius 3 is 2.83 bits per heavy atom. The molecular formula is C9H12BrNO. The van der Waals surface area contributed by atoms with Crippen molar-refractivity contribution in [3.05, 3.63) is 28.2 Å². The van der Waals surface area contributed by atoms with Gasteiger partial charge in [-0.25, -0.2) is 0 Å². The van der Waals surface area contributed by atoms with E-state index in [2.05, 4.69) is 15.9 Å². The van der Waals surface area contributed by atoms with Crippen LogP contribution >= 0.6 is 15.9 Å². The minimum absolute atomic E-state index is 0.114. The van der Waals surface area contributed by atoms with E-state index in [0.29, 0.717) is 0 Å². The van der Waals surface area contributed by atoms with Gasteiger partial charge in [-0.2, -0.15) is 0 Å². The molecule has 0 aliphatic carbocycles. The average molecular weight is 230 g/mol. The van der Waals surface area contributed by atoms with Crippen LogP contribution in [0.2, 0.25) is 0 Å². The Morgan fingerprint density at radius 2 is 2.25 bits per heavy atom. The number of hydrogen-bond donors (Lipinski definition) is 2. The first-order valence-corrected chi connectivity index (χ1v) is 4.62. The molecule has 3 N–H and O–H groups in total. The zero-order chi connectivity index (χ0) is 9.14. The summed E-state index contributed by atoms with van der Waals surface area (Å²) < 4.78 is 0.998. The fraction of sp³-hybridized carbons (Fsp3) is 0.333. The molecule has 3 heteroatoms. The standard InChI is InChI=1S/C9H12BrNO/c1-6(11)4-7-5-8(12)2-3-9(7)10/h2-3,5-6,12H,4,11H2,1H3/t6-/m0/s1. The molecule has 1 aromatic carbocycles. The van der Waals surface area contributed by atoms with Crippen molar-refractivity contribution in [2.75, 3.05) is 0 Å². The van der Waals surface area contributed by atoms with Crippen molar-refractivity contribution >= 4 is 15.9 Å². The van der Waals surface area contributed by atoms with E-state index in [1.54, 1.807) is 12.1 Å². The molecule has 0 spiro atoms. The molecule has 0 aliphatic rings. The van der Waals surface area contributed by atoms with Crippen molar-refractivity contribution < 1.29 is 5.11 Å². The molecule has 0 aliphatic heterocycles. The van der Waals surface area contributed by atoms with E-state index in [1.165, 1.54) is 0 Å². The highest BCUT2D eigenvalue weighted by Crippen LogP contribution is 2.22. The molecule has 0 fully saturated rings. The van der Waals surface area contributed by atoms with Crippen LogP contribution in [0.25, 0.3) is 0 Å². The summed E-state index contributed by atoms with van der Waals surface area (Å²) in [7, 11) is 0. The van der Waals surface area contributed by atoms with Gasteiger partial charge in [-0.05, 0) is 37.1 Å². The third-order valence-corrected chi connectivity index (χ3v) is 2.34. The lowest BCUT2D eigenvalue weighted by Gasteiger charge is -2.07. The molecule has 1 aromatic rings. The van der Waals surface area contributed by atoms with Crippen molar-refractivity contribution in [2.45, 2.75) is 19.4 Å². The molecule has 0 aromatic heterocycles. The maximum atomic E-state index is 9.19. The SMILES string of the molecule is C[C@H](N)Cc1cc(O)ccc1Br.